The average molecular weight is 438 g/mol. The van der Waals surface area contributed by atoms with Crippen LogP contribution in [-0.4, -0.2) is 31.3 Å². The van der Waals surface area contributed by atoms with Crippen LogP contribution in [0.5, 0.6) is 0 Å². The number of aryl methyl sites for hydroxylation is 3. The van der Waals surface area contributed by atoms with Crippen LogP contribution in [0.4, 0.5) is 10.1 Å². The number of hydrogen-bond donors (Lipinski definition) is 1. The molecule has 0 aliphatic rings. The summed E-state index contributed by atoms with van der Waals surface area (Å²) in [4.78, 5) is 13.7. The van der Waals surface area contributed by atoms with E-state index in [1.807, 2.05) is 26.0 Å². The Kier molecular flexibility index (Phi) is 5.81. The van der Waals surface area contributed by atoms with E-state index in [4.69, 9.17) is 4.52 Å². The number of amides is 1. The van der Waals surface area contributed by atoms with Gasteiger partial charge >= 0.3 is 0 Å². The number of halogens is 1. The van der Waals surface area contributed by atoms with Gasteiger partial charge < -0.3 is 9.84 Å². The first-order valence-corrected chi connectivity index (χ1v) is 10.4. The van der Waals surface area contributed by atoms with Crippen molar-refractivity contribution in [2.24, 2.45) is 0 Å². The van der Waals surface area contributed by atoms with E-state index in [2.05, 4.69) is 26.0 Å². The predicted octanol–water partition coefficient (Wildman–Crippen LogP) is 4.26. The largest absolute Gasteiger partial charge is 0.361 e. The minimum atomic E-state index is -0.552. The normalized spacial score (nSPS) is 11.0. The number of carbonyl (C=O) groups excluding carboxylic acids is 1. The van der Waals surface area contributed by atoms with Gasteiger partial charge in [0.25, 0.3) is 5.91 Å². The third-order valence-electron chi connectivity index (χ3n) is 4.75. The first-order chi connectivity index (χ1) is 14.9. The van der Waals surface area contributed by atoms with Gasteiger partial charge in [-0.25, -0.2) is 4.39 Å². The molecule has 1 amide bonds. The van der Waals surface area contributed by atoms with Gasteiger partial charge in [-0.3, -0.25) is 4.79 Å². The van der Waals surface area contributed by atoms with Crippen LogP contribution in [0, 0.1) is 26.6 Å². The predicted molar refractivity (Wildman–Crippen MR) is 114 cm³/mol. The van der Waals surface area contributed by atoms with E-state index in [1.54, 1.807) is 25.1 Å². The molecule has 158 valence electrons. The van der Waals surface area contributed by atoms with Crippen LogP contribution in [0.25, 0.3) is 5.69 Å². The number of carbonyl (C=O) groups is 1. The summed E-state index contributed by atoms with van der Waals surface area (Å²) in [7, 11) is 0. The molecule has 31 heavy (non-hydrogen) atoms. The molecule has 0 saturated heterocycles. The maximum atomic E-state index is 14.4. The summed E-state index contributed by atoms with van der Waals surface area (Å²) >= 11 is 1.49. The van der Waals surface area contributed by atoms with E-state index < -0.39 is 11.7 Å². The summed E-state index contributed by atoms with van der Waals surface area (Å²) in [6, 6.07) is 11.5. The highest BCUT2D eigenvalue weighted by Gasteiger charge is 2.17. The van der Waals surface area contributed by atoms with Crippen molar-refractivity contribution in [3.63, 3.8) is 0 Å². The molecule has 0 fully saturated rings. The Labute approximate surface area is 181 Å². The number of hydrogen-bond acceptors (Lipinski definition) is 7. The smallest absolute Gasteiger partial charge is 0.256 e. The zero-order valence-electron chi connectivity index (χ0n) is 17.1. The summed E-state index contributed by atoms with van der Waals surface area (Å²) in [5.41, 5.74) is 2.85. The molecule has 0 saturated carbocycles. The van der Waals surface area contributed by atoms with Gasteiger partial charge in [0.1, 0.15) is 11.6 Å². The van der Waals surface area contributed by atoms with Crippen LogP contribution in [0.1, 0.15) is 33.2 Å². The molecule has 0 aliphatic heterocycles. The van der Waals surface area contributed by atoms with Crippen LogP contribution in [0.3, 0.4) is 0 Å². The van der Waals surface area contributed by atoms with Gasteiger partial charge in [-0.2, -0.15) is 4.68 Å². The van der Waals surface area contributed by atoms with Crippen LogP contribution in [-0.2, 0) is 5.75 Å². The van der Waals surface area contributed by atoms with Gasteiger partial charge in [-0.1, -0.05) is 17.3 Å². The lowest BCUT2D eigenvalue weighted by Gasteiger charge is -2.12. The monoisotopic (exact) mass is 438 g/mol. The summed E-state index contributed by atoms with van der Waals surface area (Å²) in [6.45, 7) is 5.47. The van der Waals surface area contributed by atoms with Gasteiger partial charge in [0.2, 0.25) is 0 Å². The molecule has 0 atom stereocenters. The molecule has 4 rings (SSSR count). The maximum Gasteiger partial charge on any atom is 0.256 e. The first kappa shape index (κ1) is 20.7. The van der Waals surface area contributed by atoms with E-state index in [1.165, 1.54) is 28.6 Å². The number of thioether (sulfide) groups is 1. The van der Waals surface area contributed by atoms with E-state index in [0.717, 1.165) is 21.9 Å². The Morgan fingerprint density at radius 3 is 2.71 bits per heavy atom. The molecule has 4 aromatic rings. The van der Waals surface area contributed by atoms with Gasteiger partial charge in [-0.05, 0) is 61.5 Å². The van der Waals surface area contributed by atoms with Gasteiger partial charge in [0.05, 0.1) is 22.6 Å². The van der Waals surface area contributed by atoms with Crippen molar-refractivity contribution in [2.45, 2.75) is 31.4 Å². The maximum absolute atomic E-state index is 14.4. The highest BCUT2D eigenvalue weighted by molar-refractivity contribution is 7.98. The van der Waals surface area contributed by atoms with E-state index in [9.17, 15) is 9.18 Å². The van der Waals surface area contributed by atoms with Crippen molar-refractivity contribution in [1.82, 2.24) is 25.4 Å². The van der Waals surface area contributed by atoms with Gasteiger partial charge in [0, 0.05) is 16.2 Å². The fourth-order valence-corrected chi connectivity index (χ4v) is 4.24. The fraction of sp³-hybridized carbons (Fsp3) is 0.190. The number of tetrazole rings is 1. The molecule has 0 unspecified atom stereocenters. The molecule has 2 heterocycles. The van der Waals surface area contributed by atoms with Crippen LogP contribution >= 0.6 is 11.8 Å². The lowest BCUT2D eigenvalue weighted by Crippen LogP contribution is -2.14. The Bertz CT molecular complexity index is 1230. The molecule has 0 spiro atoms. The third-order valence-corrected chi connectivity index (χ3v) is 5.85. The standard InChI is InChI=1S/C21H19FN6O2S/c1-12-17(13(2)30-25-12)11-31-20-7-5-4-6-16(20)21(29)23-19-10-15(8-9-18(19)22)28-14(3)24-26-27-28/h4-10H,11H2,1-3H3,(H,23,29). The number of nitrogens with one attached hydrogen (secondary N) is 1. The van der Waals surface area contributed by atoms with Crippen molar-refractivity contribution < 1.29 is 13.7 Å². The van der Waals surface area contributed by atoms with E-state index >= 15 is 0 Å². The molecule has 2 aromatic carbocycles. The number of aromatic nitrogens is 5. The summed E-state index contributed by atoms with van der Waals surface area (Å²) in [5.74, 6) is 0.942. The minimum absolute atomic E-state index is 0.0444. The average Bonchev–Trinajstić information content (AvgIpc) is 3.33. The molecule has 0 bridgehead atoms. The van der Waals surface area contributed by atoms with Gasteiger partial charge in [0.15, 0.2) is 5.82 Å². The van der Waals surface area contributed by atoms with Crippen molar-refractivity contribution in [2.75, 3.05) is 5.32 Å². The Morgan fingerprint density at radius 2 is 2.00 bits per heavy atom. The molecule has 10 heteroatoms. The first-order valence-electron chi connectivity index (χ1n) is 9.44. The number of nitrogens with zero attached hydrogens (tertiary/aromatic N) is 5. The van der Waals surface area contributed by atoms with E-state index in [-0.39, 0.29) is 5.69 Å². The second kappa shape index (κ2) is 8.68. The summed E-state index contributed by atoms with van der Waals surface area (Å²) < 4.78 is 21.1. The Hall–Kier alpha value is -3.53. The minimum Gasteiger partial charge on any atom is -0.361 e. The molecule has 2 aromatic heterocycles. The summed E-state index contributed by atoms with van der Waals surface area (Å²) in [6.07, 6.45) is 0. The molecular weight excluding hydrogens is 419 g/mol. The van der Waals surface area contributed by atoms with Crippen LogP contribution in [0.2, 0.25) is 0 Å². The number of benzene rings is 2. The number of rotatable bonds is 6. The third kappa shape index (κ3) is 4.33. The molecule has 8 nitrogen and oxygen atoms in total. The van der Waals surface area contributed by atoms with E-state index in [0.29, 0.717) is 22.8 Å². The SMILES string of the molecule is Cc1noc(C)c1CSc1ccccc1C(=O)Nc1cc(-n2nnnc2C)ccc1F. The highest BCUT2D eigenvalue weighted by atomic mass is 32.2. The Balaban J connectivity index is 1.56. The highest BCUT2D eigenvalue weighted by Crippen LogP contribution is 2.29. The summed E-state index contributed by atoms with van der Waals surface area (Å²) in [5, 5.41) is 17.9. The zero-order valence-corrected chi connectivity index (χ0v) is 17.9. The second-order valence-corrected chi connectivity index (χ2v) is 7.86. The van der Waals surface area contributed by atoms with Crippen molar-refractivity contribution in [3.8, 4) is 5.69 Å². The fourth-order valence-electron chi connectivity index (χ4n) is 3.04. The van der Waals surface area contributed by atoms with Crippen molar-refractivity contribution in [3.05, 3.63) is 76.7 Å². The van der Waals surface area contributed by atoms with Gasteiger partial charge in [-0.15, -0.1) is 16.9 Å². The molecular formula is C21H19FN6O2S. The lowest BCUT2D eigenvalue weighted by molar-refractivity contribution is 0.102. The molecule has 1 N–H and O–H groups in total. The second-order valence-electron chi connectivity index (χ2n) is 6.84. The zero-order chi connectivity index (χ0) is 22.0. The molecule has 0 radical (unpaired) electrons. The number of anilines is 1. The van der Waals surface area contributed by atoms with Crippen molar-refractivity contribution >= 4 is 23.4 Å². The lowest BCUT2D eigenvalue weighted by atomic mass is 10.2. The molecule has 0 aliphatic carbocycles. The van der Waals surface area contributed by atoms with Crippen LogP contribution in [0.15, 0.2) is 51.9 Å². The Morgan fingerprint density at radius 1 is 1.19 bits per heavy atom. The topological polar surface area (TPSA) is 98.7 Å². The van der Waals surface area contributed by atoms with Crippen LogP contribution < -0.4 is 5.32 Å². The quantitative estimate of drug-likeness (QED) is 0.449. The van der Waals surface area contributed by atoms with Crippen molar-refractivity contribution in [1.29, 1.82) is 0 Å².